The number of nitrogens with one attached hydrogen (secondary N) is 1. The maximum Gasteiger partial charge on any atom is 0.339 e. The fourth-order valence-corrected chi connectivity index (χ4v) is 2.76. The summed E-state index contributed by atoms with van der Waals surface area (Å²) in [5, 5.41) is 2.98. The monoisotopic (exact) mass is 419 g/mol. The van der Waals surface area contributed by atoms with E-state index in [0.717, 1.165) is 11.1 Å². The highest BCUT2D eigenvalue weighted by Gasteiger charge is 2.22. The summed E-state index contributed by atoms with van der Waals surface area (Å²) in [6.07, 6.45) is -1.08. The van der Waals surface area contributed by atoms with Crippen LogP contribution in [0.4, 0.5) is 0 Å². The first-order valence-electron chi connectivity index (χ1n) is 9.29. The maximum atomic E-state index is 12.5. The van der Waals surface area contributed by atoms with Gasteiger partial charge in [0.05, 0.1) is 23.8 Å². The lowest BCUT2D eigenvalue weighted by Crippen LogP contribution is -2.35. The molecule has 2 rings (SSSR count). The molecule has 6 nitrogen and oxygen atoms in total. The third-order valence-corrected chi connectivity index (χ3v) is 4.34. The second kappa shape index (κ2) is 10.2. The molecule has 2 aromatic rings. The van der Waals surface area contributed by atoms with Gasteiger partial charge in [-0.15, -0.1) is 0 Å². The van der Waals surface area contributed by atoms with Crippen LogP contribution in [0.5, 0.6) is 11.5 Å². The minimum atomic E-state index is -0.968. The van der Waals surface area contributed by atoms with E-state index in [1.807, 2.05) is 45.0 Å². The Hall–Kier alpha value is -2.73. The molecule has 0 saturated heterocycles. The van der Waals surface area contributed by atoms with Crippen LogP contribution in [0.2, 0.25) is 5.02 Å². The number of halogens is 1. The van der Waals surface area contributed by atoms with Crippen molar-refractivity contribution < 1.29 is 23.8 Å². The molecule has 0 saturated carbocycles. The molecule has 156 valence electrons. The van der Waals surface area contributed by atoms with Gasteiger partial charge in [-0.2, -0.15) is 0 Å². The molecule has 7 heteroatoms. The van der Waals surface area contributed by atoms with Gasteiger partial charge in [0.15, 0.2) is 17.6 Å². The molecule has 0 aliphatic rings. The fourth-order valence-electron chi connectivity index (χ4n) is 2.51. The maximum absolute atomic E-state index is 12.5. The van der Waals surface area contributed by atoms with E-state index in [-0.39, 0.29) is 16.7 Å². The Balaban J connectivity index is 2.01. The number of carbonyl (C=O) groups is 2. The normalized spacial score (nSPS) is 11.7. The van der Waals surface area contributed by atoms with E-state index < -0.39 is 18.0 Å². The van der Waals surface area contributed by atoms with Gasteiger partial charge in [-0.1, -0.05) is 41.4 Å². The lowest BCUT2D eigenvalue weighted by atomic mass is 10.1. The zero-order valence-corrected chi connectivity index (χ0v) is 18.0. The van der Waals surface area contributed by atoms with Gasteiger partial charge < -0.3 is 19.5 Å². The molecule has 0 heterocycles. The number of rotatable bonds is 8. The van der Waals surface area contributed by atoms with Crippen LogP contribution in [0.3, 0.4) is 0 Å². The standard InChI is InChI=1S/C22H26ClNO5/c1-13(2)28-20-18(23)10-17(11-19(20)27-5)22(26)29-15(4)21(25)24-12-16-8-6-14(3)7-9-16/h6-11,13,15H,12H2,1-5H3,(H,24,25)/t15-/m0/s1. The third-order valence-electron chi connectivity index (χ3n) is 4.06. The van der Waals surface area contributed by atoms with Crippen molar-refractivity contribution in [1.82, 2.24) is 5.32 Å². The van der Waals surface area contributed by atoms with Crippen molar-refractivity contribution >= 4 is 23.5 Å². The summed E-state index contributed by atoms with van der Waals surface area (Å²) < 4.78 is 16.2. The minimum Gasteiger partial charge on any atom is -0.493 e. The van der Waals surface area contributed by atoms with Crippen LogP contribution >= 0.6 is 11.6 Å². The van der Waals surface area contributed by atoms with E-state index in [2.05, 4.69) is 5.32 Å². The smallest absolute Gasteiger partial charge is 0.339 e. The number of ether oxygens (including phenoxy) is 3. The molecule has 0 bridgehead atoms. The van der Waals surface area contributed by atoms with E-state index >= 15 is 0 Å². The van der Waals surface area contributed by atoms with Gasteiger partial charge in [-0.05, 0) is 45.4 Å². The second-order valence-corrected chi connectivity index (χ2v) is 7.31. The molecule has 0 aliphatic carbocycles. The second-order valence-electron chi connectivity index (χ2n) is 6.91. The molecule has 0 radical (unpaired) electrons. The van der Waals surface area contributed by atoms with Crippen LogP contribution in [-0.2, 0) is 16.1 Å². The molecule has 1 atom stereocenters. The first-order valence-corrected chi connectivity index (χ1v) is 9.67. The molecule has 0 spiro atoms. The van der Waals surface area contributed by atoms with E-state index in [1.54, 1.807) is 0 Å². The molecule has 0 aromatic heterocycles. The molecule has 0 unspecified atom stereocenters. The van der Waals surface area contributed by atoms with Crippen molar-refractivity contribution in [3.63, 3.8) is 0 Å². The number of aryl methyl sites for hydroxylation is 1. The van der Waals surface area contributed by atoms with Gasteiger partial charge in [0.1, 0.15) is 0 Å². The molecular formula is C22H26ClNO5. The number of hydrogen-bond acceptors (Lipinski definition) is 5. The van der Waals surface area contributed by atoms with Gasteiger partial charge in [-0.25, -0.2) is 4.79 Å². The first-order chi connectivity index (χ1) is 13.7. The van der Waals surface area contributed by atoms with E-state index in [0.29, 0.717) is 18.0 Å². The lowest BCUT2D eigenvalue weighted by molar-refractivity contribution is -0.129. The molecule has 2 aromatic carbocycles. The van der Waals surface area contributed by atoms with E-state index in [4.69, 9.17) is 25.8 Å². The quantitative estimate of drug-likeness (QED) is 0.645. The number of amides is 1. The van der Waals surface area contributed by atoms with Crippen LogP contribution in [0.1, 0.15) is 42.3 Å². The highest BCUT2D eigenvalue weighted by molar-refractivity contribution is 6.32. The van der Waals surface area contributed by atoms with Crippen molar-refractivity contribution in [1.29, 1.82) is 0 Å². The van der Waals surface area contributed by atoms with Crippen LogP contribution < -0.4 is 14.8 Å². The summed E-state index contributed by atoms with van der Waals surface area (Å²) >= 11 is 6.24. The Bertz CT molecular complexity index is 864. The zero-order valence-electron chi connectivity index (χ0n) is 17.2. The van der Waals surface area contributed by atoms with Crippen molar-refractivity contribution in [3.8, 4) is 11.5 Å². The highest BCUT2D eigenvalue weighted by atomic mass is 35.5. The van der Waals surface area contributed by atoms with Gasteiger partial charge in [0.2, 0.25) is 0 Å². The molecule has 29 heavy (non-hydrogen) atoms. The summed E-state index contributed by atoms with van der Waals surface area (Å²) in [5.74, 6) is -0.407. The largest absolute Gasteiger partial charge is 0.493 e. The zero-order chi connectivity index (χ0) is 21.6. The summed E-state index contributed by atoms with van der Waals surface area (Å²) in [4.78, 5) is 24.7. The Labute approximate surface area is 176 Å². The summed E-state index contributed by atoms with van der Waals surface area (Å²) in [6, 6.07) is 10.7. The molecule has 0 fully saturated rings. The molecule has 1 N–H and O–H groups in total. The number of methoxy groups -OCH3 is 1. The van der Waals surface area contributed by atoms with Crippen molar-refractivity contribution in [2.45, 2.75) is 46.4 Å². The molecule has 1 amide bonds. The van der Waals surface area contributed by atoms with E-state index in [9.17, 15) is 9.59 Å². The average Bonchev–Trinajstić information content (AvgIpc) is 2.68. The highest BCUT2D eigenvalue weighted by Crippen LogP contribution is 2.37. The molecule has 0 aliphatic heterocycles. The third kappa shape index (κ3) is 6.39. The van der Waals surface area contributed by atoms with Crippen LogP contribution in [0.15, 0.2) is 36.4 Å². The van der Waals surface area contributed by atoms with Gasteiger partial charge >= 0.3 is 5.97 Å². The Kier molecular flexibility index (Phi) is 7.91. The van der Waals surface area contributed by atoms with Crippen molar-refractivity contribution in [2.24, 2.45) is 0 Å². The summed E-state index contributed by atoms with van der Waals surface area (Å²) in [5.41, 5.74) is 2.27. The van der Waals surface area contributed by atoms with E-state index in [1.165, 1.54) is 26.2 Å². The first kappa shape index (κ1) is 22.6. The Morgan fingerprint density at radius 3 is 2.34 bits per heavy atom. The number of hydrogen-bond donors (Lipinski definition) is 1. The van der Waals surface area contributed by atoms with Crippen LogP contribution in [0.25, 0.3) is 0 Å². The number of carbonyl (C=O) groups excluding carboxylic acids is 2. The van der Waals surface area contributed by atoms with Crippen LogP contribution in [0, 0.1) is 6.92 Å². The molecular weight excluding hydrogens is 394 g/mol. The summed E-state index contributed by atoms with van der Waals surface area (Å²) in [7, 11) is 1.45. The van der Waals surface area contributed by atoms with Crippen LogP contribution in [-0.4, -0.2) is 31.2 Å². The predicted molar refractivity (Wildman–Crippen MR) is 112 cm³/mol. The Morgan fingerprint density at radius 2 is 1.76 bits per heavy atom. The lowest BCUT2D eigenvalue weighted by Gasteiger charge is -2.17. The number of benzene rings is 2. The minimum absolute atomic E-state index is 0.114. The van der Waals surface area contributed by atoms with Gasteiger partial charge in [-0.3, -0.25) is 4.79 Å². The Morgan fingerprint density at radius 1 is 1.10 bits per heavy atom. The van der Waals surface area contributed by atoms with Gasteiger partial charge in [0.25, 0.3) is 5.91 Å². The topological polar surface area (TPSA) is 73.9 Å². The number of esters is 1. The average molecular weight is 420 g/mol. The summed E-state index contributed by atoms with van der Waals surface area (Å²) in [6.45, 7) is 7.57. The predicted octanol–water partition coefficient (Wildman–Crippen LogP) is 4.31. The van der Waals surface area contributed by atoms with Crippen molar-refractivity contribution in [2.75, 3.05) is 7.11 Å². The van der Waals surface area contributed by atoms with Gasteiger partial charge in [0, 0.05) is 6.54 Å². The SMILES string of the molecule is COc1cc(C(=O)O[C@@H](C)C(=O)NCc2ccc(C)cc2)cc(Cl)c1OC(C)C. The van der Waals surface area contributed by atoms with Crippen molar-refractivity contribution in [3.05, 3.63) is 58.1 Å². The fraction of sp³-hybridized carbons (Fsp3) is 0.364.